The van der Waals surface area contributed by atoms with Crippen molar-refractivity contribution in [1.82, 2.24) is 4.98 Å². The molecule has 5 heteroatoms. The SMILES string of the molecule is C=CC(=O)Oc1cccc(OCc2nc(-c3ccccc3)c(-c3ccccc3)o2)c1CC. The summed E-state index contributed by atoms with van der Waals surface area (Å²) in [5.74, 6) is 1.71. The van der Waals surface area contributed by atoms with Crippen molar-refractivity contribution in [1.29, 1.82) is 0 Å². The average Bonchev–Trinajstić information content (AvgIpc) is 3.28. The number of hydrogen-bond acceptors (Lipinski definition) is 5. The van der Waals surface area contributed by atoms with Crippen LogP contribution in [-0.2, 0) is 17.8 Å². The smallest absolute Gasteiger partial charge is 0.335 e. The number of benzene rings is 3. The van der Waals surface area contributed by atoms with Gasteiger partial charge in [0.15, 0.2) is 12.4 Å². The summed E-state index contributed by atoms with van der Waals surface area (Å²) in [4.78, 5) is 16.4. The molecule has 0 bridgehead atoms. The number of ether oxygens (including phenoxy) is 2. The Morgan fingerprint density at radius 1 is 0.938 bits per heavy atom. The van der Waals surface area contributed by atoms with Gasteiger partial charge in [-0.2, -0.15) is 0 Å². The van der Waals surface area contributed by atoms with Crippen molar-refractivity contribution in [3.8, 4) is 34.1 Å². The van der Waals surface area contributed by atoms with Gasteiger partial charge < -0.3 is 13.9 Å². The molecule has 1 aromatic heterocycles. The highest BCUT2D eigenvalue weighted by Gasteiger charge is 2.18. The van der Waals surface area contributed by atoms with E-state index in [9.17, 15) is 4.79 Å². The molecule has 0 atom stereocenters. The highest BCUT2D eigenvalue weighted by atomic mass is 16.5. The zero-order chi connectivity index (χ0) is 22.3. The van der Waals surface area contributed by atoms with Crippen molar-refractivity contribution in [3.05, 3.63) is 103 Å². The summed E-state index contributed by atoms with van der Waals surface area (Å²) >= 11 is 0. The van der Waals surface area contributed by atoms with E-state index in [0.29, 0.717) is 29.6 Å². The summed E-state index contributed by atoms with van der Waals surface area (Å²) in [5, 5.41) is 0. The zero-order valence-corrected chi connectivity index (χ0v) is 17.8. The van der Waals surface area contributed by atoms with Crippen molar-refractivity contribution in [3.63, 3.8) is 0 Å². The molecule has 0 unspecified atom stereocenters. The molecule has 0 aliphatic heterocycles. The molecule has 0 amide bonds. The number of hydrogen-bond donors (Lipinski definition) is 0. The summed E-state index contributed by atoms with van der Waals surface area (Å²) in [6.45, 7) is 5.55. The maximum absolute atomic E-state index is 11.6. The van der Waals surface area contributed by atoms with Crippen molar-refractivity contribution in [2.45, 2.75) is 20.0 Å². The van der Waals surface area contributed by atoms with Crippen LogP contribution in [0.25, 0.3) is 22.6 Å². The van der Waals surface area contributed by atoms with E-state index in [0.717, 1.165) is 28.5 Å². The van der Waals surface area contributed by atoms with Gasteiger partial charge in [-0.05, 0) is 18.6 Å². The maximum Gasteiger partial charge on any atom is 0.335 e. The molecule has 0 N–H and O–H groups in total. The summed E-state index contributed by atoms with van der Waals surface area (Å²) in [5.41, 5.74) is 3.47. The lowest BCUT2D eigenvalue weighted by Gasteiger charge is -2.13. The molecule has 0 radical (unpaired) electrons. The number of carbonyl (C=O) groups is 1. The van der Waals surface area contributed by atoms with Gasteiger partial charge in [0.2, 0.25) is 5.89 Å². The Balaban J connectivity index is 1.63. The third-order valence-electron chi connectivity index (χ3n) is 4.93. The maximum atomic E-state index is 11.6. The Labute approximate surface area is 187 Å². The third-order valence-corrected chi connectivity index (χ3v) is 4.93. The van der Waals surface area contributed by atoms with Crippen molar-refractivity contribution >= 4 is 5.97 Å². The van der Waals surface area contributed by atoms with Gasteiger partial charge in [-0.15, -0.1) is 0 Å². The van der Waals surface area contributed by atoms with E-state index in [-0.39, 0.29) is 6.61 Å². The first-order chi connectivity index (χ1) is 15.7. The Kier molecular flexibility index (Phi) is 6.46. The Morgan fingerprint density at radius 2 is 1.59 bits per heavy atom. The average molecular weight is 425 g/mol. The van der Waals surface area contributed by atoms with E-state index in [1.807, 2.05) is 73.7 Å². The highest BCUT2D eigenvalue weighted by molar-refractivity contribution is 5.83. The second kappa shape index (κ2) is 9.79. The topological polar surface area (TPSA) is 61.6 Å². The number of esters is 1. The van der Waals surface area contributed by atoms with Crippen LogP contribution in [-0.4, -0.2) is 11.0 Å². The fourth-order valence-electron chi connectivity index (χ4n) is 3.42. The minimum Gasteiger partial charge on any atom is -0.483 e. The zero-order valence-electron chi connectivity index (χ0n) is 17.8. The molecule has 0 aliphatic rings. The van der Waals surface area contributed by atoms with Gasteiger partial charge in [-0.3, -0.25) is 0 Å². The van der Waals surface area contributed by atoms with E-state index >= 15 is 0 Å². The van der Waals surface area contributed by atoms with Crippen LogP contribution in [0.1, 0.15) is 18.4 Å². The van der Waals surface area contributed by atoms with E-state index in [4.69, 9.17) is 18.9 Å². The Bertz CT molecular complexity index is 1160. The van der Waals surface area contributed by atoms with Crippen LogP contribution < -0.4 is 9.47 Å². The van der Waals surface area contributed by atoms with Gasteiger partial charge in [0.05, 0.1) is 0 Å². The second-order valence-corrected chi connectivity index (χ2v) is 7.02. The lowest BCUT2D eigenvalue weighted by Crippen LogP contribution is -2.06. The molecule has 0 fully saturated rings. The van der Waals surface area contributed by atoms with Crippen LogP contribution in [0.15, 0.2) is 95.9 Å². The van der Waals surface area contributed by atoms with Gasteiger partial charge in [-0.1, -0.05) is 80.2 Å². The van der Waals surface area contributed by atoms with Crippen LogP contribution in [0, 0.1) is 0 Å². The monoisotopic (exact) mass is 425 g/mol. The number of carbonyl (C=O) groups excluding carboxylic acids is 1. The Morgan fingerprint density at radius 3 is 2.25 bits per heavy atom. The highest BCUT2D eigenvalue weighted by Crippen LogP contribution is 2.34. The molecule has 3 aromatic carbocycles. The molecular formula is C27H23NO4. The van der Waals surface area contributed by atoms with E-state index in [2.05, 4.69) is 6.58 Å². The molecule has 1 heterocycles. The van der Waals surface area contributed by atoms with Crippen molar-refractivity contribution in [2.75, 3.05) is 0 Å². The molecular weight excluding hydrogens is 402 g/mol. The van der Waals surface area contributed by atoms with E-state index in [1.165, 1.54) is 0 Å². The lowest BCUT2D eigenvalue weighted by molar-refractivity contribution is -0.129. The predicted octanol–water partition coefficient (Wildman–Crippen LogP) is 6.24. The van der Waals surface area contributed by atoms with Crippen molar-refractivity contribution < 1.29 is 18.7 Å². The van der Waals surface area contributed by atoms with Crippen LogP contribution in [0.5, 0.6) is 11.5 Å². The number of oxazole rings is 1. The molecule has 160 valence electrons. The largest absolute Gasteiger partial charge is 0.483 e. The molecule has 4 rings (SSSR count). The standard InChI is InChI=1S/C27H23NO4/c1-3-21-22(16-11-17-23(21)31-25(29)4-2)30-18-24-28-26(19-12-7-5-8-13-19)27(32-24)20-14-9-6-10-15-20/h4-17H,2-3,18H2,1H3. The minimum absolute atomic E-state index is 0.137. The summed E-state index contributed by atoms with van der Waals surface area (Å²) in [7, 11) is 0. The van der Waals surface area contributed by atoms with Crippen LogP contribution >= 0.6 is 0 Å². The Hall–Kier alpha value is -4.12. The fraction of sp³-hybridized carbons (Fsp3) is 0.111. The first-order valence-corrected chi connectivity index (χ1v) is 10.4. The predicted molar refractivity (Wildman–Crippen MR) is 123 cm³/mol. The first kappa shape index (κ1) is 21.1. The quantitative estimate of drug-likeness (QED) is 0.190. The number of nitrogens with zero attached hydrogens (tertiary/aromatic N) is 1. The van der Waals surface area contributed by atoms with Gasteiger partial charge in [0.25, 0.3) is 0 Å². The molecule has 0 spiro atoms. The van der Waals surface area contributed by atoms with Crippen molar-refractivity contribution in [2.24, 2.45) is 0 Å². The lowest BCUT2D eigenvalue weighted by atomic mass is 10.1. The molecule has 4 aromatic rings. The van der Waals surface area contributed by atoms with Crippen LogP contribution in [0.4, 0.5) is 0 Å². The van der Waals surface area contributed by atoms with Crippen LogP contribution in [0.2, 0.25) is 0 Å². The molecule has 0 aliphatic carbocycles. The summed E-state index contributed by atoms with van der Waals surface area (Å²) in [6.07, 6.45) is 1.77. The first-order valence-electron chi connectivity index (χ1n) is 10.4. The normalized spacial score (nSPS) is 10.5. The second-order valence-electron chi connectivity index (χ2n) is 7.02. The number of rotatable bonds is 8. The third kappa shape index (κ3) is 4.62. The van der Waals surface area contributed by atoms with E-state index in [1.54, 1.807) is 12.1 Å². The summed E-state index contributed by atoms with van der Waals surface area (Å²) in [6, 6.07) is 25.1. The molecule has 0 saturated carbocycles. The fourth-order valence-corrected chi connectivity index (χ4v) is 3.42. The van der Waals surface area contributed by atoms with Crippen LogP contribution in [0.3, 0.4) is 0 Å². The number of aromatic nitrogens is 1. The van der Waals surface area contributed by atoms with Gasteiger partial charge in [-0.25, -0.2) is 9.78 Å². The molecule has 5 nitrogen and oxygen atoms in total. The van der Waals surface area contributed by atoms with Gasteiger partial charge in [0, 0.05) is 22.8 Å². The minimum atomic E-state index is -0.510. The molecule has 0 saturated heterocycles. The molecule has 32 heavy (non-hydrogen) atoms. The summed E-state index contributed by atoms with van der Waals surface area (Å²) < 4.78 is 17.5. The van der Waals surface area contributed by atoms with E-state index < -0.39 is 5.97 Å². The van der Waals surface area contributed by atoms with Gasteiger partial charge >= 0.3 is 5.97 Å². The van der Waals surface area contributed by atoms with Gasteiger partial charge in [0.1, 0.15) is 17.2 Å².